The van der Waals surface area contributed by atoms with E-state index in [2.05, 4.69) is 35.9 Å². The zero-order valence-corrected chi connectivity index (χ0v) is 16.4. The Balaban J connectivity index is 1.82. The van der Waals surface area contributed by atoms with Gasteiger partial charge in [0.15, 0.2) is 0 Å². The predicted molar refractivity (Wildman–Crippen MR) is 102 cm³/mol. The summed E-state index contributed by atoms with van der Waals surface area (Å²) in [5.41, 5.74) is 3.41. The minimum atomic E-state index is -0.0575. The van der Waals surface area contributed by atoms with E-state index in [1.165, 1.54) is 0 Å². The second-order valence-corrected chi connectivity index (χ2v) is 8.37. The molecule has 1 fully saturated rings. The van der Waals surface area contributed by atoms with Crippen molar-refractivity contribution < 1.29 is 4.79 Å². The third-order valence-electron chi connectivity index (χ3n) is 4.77. The molecule has 0 radical (unpaired) electrons. The molecule has 0 bridgehead atoms. The van der Waals surface area contributed by atoms with Gasteiger partial charge in [0, 0.05) is 24.2 Å². The molecule has 140 valence electrons. The number of nitrogens with one attached hydrogen (secondary N) is 1. The van der Waals surface area contributed by atoms with E-state index < -0.39 is 0 Å². The molecule has 0 saturated carbocycles. The molecule has 6 heteroatoms. The summed E-state index contributed by atoms with van der Waals surface area (Å²) in [5, 5.41) is 7.29. The molecule has 0 aromatic carbocycles. The number of likely N-dealkylation sites (tertiary alicyclic amines) is 1. The average Bonchev–Trinajstić information content (AvgIpc) is 3.23. The Morgan fingerprint density at radius 3 is 2.77 bits per heavy atom. The van der Waals surface area contributed by atoms with Gasteiger partial charge in [-0.25, -0.2) is 0 Å². The van der Waals surface area contributed by atoms with Crippen molar-refractivity contribution in [2.45, 2.75) is 51.6 Å². The summed E-state index contributed by atoms with van der Waals surface area (Å²) < 4.78 is 0. The topological polar surface area (TPSA) is 65.1 Å². The summed E-state index contributed by atoms with van der Waals surface area (Å²) >= 11 is 0. The molecule has 1 N–H and O–H groups in total. The molecule has 1 atom stereocenters. The van der Waals surface area contributed by atoms with Crippen molar-refractivity contribution in [3.8, 4) is 0 Å². The molecule has 0 spiro atoms. The van der Waals surface area contributed by atoms with Crippen molar-refractivity contribution in [1.29, 1.82) is 0 Å². The van der Waals surface area contributed by atoms with Crippen LogP contribution in [0, 0.1) is 0 Å². The summed E-state index contributed by atoms with van der Waals surface area (Å²) in [6.45, 7) is 7.86. The van der Waals surface area contributed by atoms with E-state index in [9.17, 15) is 4.79 Å². The van der Waals surface area contributed by atoms with Crippen molar-refractivity contribution in [3.05, 3.63) is 47.0 Å². The number of aromatic amines is 1. The fourth-order valence-electron chi connectivity index (χ4n) is 3.38. The molecule has 2 aromatic rings. The normalized spacial score (nSPS) is 17.9. The standard InChI is InChI=1S/C20H29N5O/c1-20(2,3)18-12-16(22-23-18)19(26)25-11-7-10-17(25)15-9-6-8-14(21-15)13-24(4)5/h6,8-9,12,17H,7,10-11,13H2,1-5H3,(H,22,23)/t17-/m1/s1. The molecule has 6 nitrogen and oxygen atoms in total. The van der Waals surface area contributed by atoms with Crippen LogP contribution in [0.5, 0.6) is 0 Å². The number of hydrogen-bond acceptors (Lipinski definition) is 4. The van der Waals surface area contributed by atoms with Crippen LogP contribution in [0.1, 0.15) is 67.2 Å². The highest BCUT2D eigenvalue weighted by molar-refractivity contribution is 5.93. The van der Waals surface area contributed by atoms with Gasteiger partial charge in [-0.1, -0.05) is 26.8 Å². The second kappa shape index (κ2) is 7.19. The first-order chi connectivity index (χ1) is 12.3. The average molecular weight is 355 g/mol. The molecule has 2 aromatic heterocycles. The van der Waals surface area contributed by atoms with Crippen LogP contribution in [0.3, 0.4) is 0 Å². The Kier molecular flexibility index (Phi) is 5.14. The lowest BCUT2D eigenvalue weighted by Crippen LogP contribution is -2.31. The molecule has 3 heterocycles. The van der Waals surface area contributed by atoms with E-state index in [1.807, 2.05) is 43.3 Å². The number of rotatable bonds is 4. The summed E-state index contributed by atoms with van der Waals surface area (Å²) in [6.07, 6.45) is 1.94. The van der Waals surface area contributed by atoms with Crippen molar-refractivity contribution in [2.75, 3.05) is 20.6 Å². The van der Waals surface area contributed by atoms with E-state index in [0.717, 1.165) is 43.0 Å². The first kappa shape index (κ1) is 18.6. The number of amides is 1. The maximum Gasteiger partial charge on any atom is 0.274 e. The SMILES string of the molecule is CN(C)Cc1cccc([C@H]2CCCN2C(=O)c2cc(C(C)(C)C)[nH]n2)n1. The smallest absolute Gasteiger partial charge is 0.274 e. The molecule has 1 saturated heterocycles. The van der Waals surface area contributed by atoms with Gasteiger partial charge in [0.2, 0.25) is 0 Å². The van der Waals surface area contributed by atoms with Gasteiger partial charge in [-0.2, -0.15) is 5.10 Å². The zero-order valence-electron chi connectivity index (χ0n) is 16.4. The fraction of sp³-hybridized carbons (Fsp3) is 0.550. The van der Waals surface area contributed by atoms with Gasteiger partial charge in [0.1, 0.15) is 5.69 Å². The Morgan fingerprint density at radius 2 is 2.12 bits per heavy atom. The lowest BCUT2D eigenvalue weighted by atomic mass is 9.92. The van der Waals surface area contributed by atoms with E-state index in [0.29, 0.717) is 5.69 Å². The van der Waals surface area contributed by atoms with Crippen LogP contribution in [0.15, 0.2) is 24.3 Å². The minimum absolute atomic E-state index is 0.0148. The van der Waals surface area contributed by atoms with Gasteiger partial charge < -0.3 is 9.80 Å². The van der Waals surface area contributed by atoms with Crippen LogP contribution >= 0.6 is 0 Å². The zero-order chi connectivity index (χ0) is 18.9. The Hall–Kier alpha value is -2.21. The van der Waals surface area contributed by atoms with Gasteiger partial charge in [0.25, 0.3) is 5.91 Å². The predicted octanol–water partition coefficient (Wildman–Crippen LogP) is 3.14. The van der Waals surface area contributed by atoms with Crippen LogP contribution in [0.25, 0.3) is 0 Å². The number of H-pyrrole nitrogens is 1. The van der Waals surface area contributed by atoms with E-state index in [-0.39, 0.29) is 17.4 Å². The molecule has 0 aliphatic carbocycles. The van der Waals surface area contributed by atoms with Crippen LogP contribution in [-0.2, 0) is 12.0 Å². The van der Waals surface area contributed by atoms with Crippen LogP contribution in [-0.4, -0.2) is 51.5 Å². The number of nitrogens with zero attached hydrogens (tertiary/aromatic N) is 4. The third-order valence-corrected chi connectivity index (χ3v) is 4.77. The molecular formula is C20H29N5O. The van der Waals surface area contributed by atoms with Gasteiger partial charge >= 0.3 is 0 Å². The number of pyridine rings is 1. The van der Waals surface area contributed by atoms with Crippen LogP contribution < -0.4 is 0 Å². The van der Waals surface area contributed by atoms with Gasteiger partial charge in [-0.05, 0) is 45.1 Å². The highest BCUT2D eigenvalue weighted by Crippen LogP contribution is 2.32. The highest BCUT2D eigenvalue weighted by atomic mass is 16.2. The van der Waals surface area contributed by atoms with Gasteiger partial charge in [0.05, 0.1) is 17.4 Å². The number of aromatic nitrogens is 3. The number of carbonyl (C=O) groups is 1. The molecule has 3 rings (SSSR count). The molecule has 1 aliphatic rings. The summed E-state index contributed by atoms with van der Waals surface area (Å²) in [6, 6.07) is 8.01. The first-order valence-corrected chi connectivity index (χ1v) is 9.23. The van der Waals surface area contributed by atoms with Gasteiger partial charge in [-0.15, -0.1) is 0 Å². The summed E-state index contributed by atoms with van der Waals surface area (Å²) in [5.74, 6) is -0.0148. The quantitative estimate of drug-likeness (QED) is 0.915. The summed E-state index contributed by atoms with van der Waals surface area (Å²) in [4.78, 5) is 21.9. The Labute approximate surface area is 155 Å². The van der Waals surface area contributed by atoms with Crippen molar-refractivity contribution >= 4 is 5.91 Å². The number of carbonyl (C=O) groups excluding carboxylic acids is 1. The minimum Gasteiger partial charge on any atom is -0.329 e. The largest absolute Gasteiger partial charge is 0.329 e. The lowest BCUT2D eigenvalue weighted by Gasteiger charge is -2.24. The fourth-order valence-corrected chi connectivity index (χ4v) is 3.38. The Bertz CT molecular complexity index is 775. The van der Waals surface area contributed by atoms with E-state index >= 15 is 0 Å². The van der Waals surface area contributed by atoms with E-state index in [4.69, 9.17) is 4.98 Å². The molecule has 26 heavy (non-hydrogen) atoms. The lowest BCUT2D eigenvalue weighted by molar-refractivity contribution is 0.0726. The molecule has 0 unspecified atom stereocenters. The second-order valence-electron chi connectivity index (χ2n) is 8.37. The maximum atomic E-state index is 13.0. The Morgan fingerprint density at radius 1 is 1.35 bits per heavy atom. The van der Waals surface area contributed by atoms with Crippen LogP contribution in [0.4, 0.5) is 0 Å². The van der Waals surface area contributed by atoms with Crippen molar-refractivity contribution in [3.63, 3.8) is 0 Å². The van der Waals surface area contributed by atoms with Crippen molar-refractivity contribution in [1.82, 2.24) is 25.0 Å². The van der Waals surface area contributed by atoms with Crippen LogP contribution in [0.2, 0.25) is 0 Å². The van der Waals surface area contributed by atoms with E-state index in [1.54, 1.807) is 0 Å². The highest BCUT2D eigenvalue weighted by Gasteiger charge is 2.33. The first-order valence-electron chi connectivity index (χ1n) is 9.23. The molecule has 1 amide bonds. The summed E-state index contributed by atoms with van der Waals surface area (Å²) in [7, 11) is 4.06. The third kappa shape index (κ3) is 3.96. The van der Waals surface area contributed by atoms with Crippen molar-refractivity contribution in [2.24, 2.45) is 0 Å². The monoisotopic (exact) mass is 355 g/mol. The molecule has 1 aliphatic heterocycles. The molecular weight excluding hydrogens is 326 g/mol. The van der Waals surface area contributed by atoms with Gasteiger partial charge in [-0.3, -0.25) is 14.9 Å². The number of hydrogen-bond donors (Lipinski definition) is 1. The maximum absolute atomic E-state index is 13.0.